The van der Waals surface area contributed by atoms with Crippen molar-refractivity contribution in [2.45, 2.75) is 70.5 Å². The van der Waals surface area contributed by atoms with Crippen molar-refractivity contribution in [2.24, 2.45) is 5.41 Å². The van der Waals surface area contributed by atoms with Crippen molar-refractivity contribution in [2.75, 3.05) is 13.7 Å². The van der Waals surface area contributed by atoms with Gasteiger partial charge in [-0.3, -0.25) is 9.59 Å². The molecule has 1 heterocycles. The lowest BCUT2D eigenvalue weighted by Gasteiger charge is -2.28. The van der Waals surface area contributed by atoms with Crippen LogP contribution in [0.3, 0.4) is 0 Å². The highest BCUT2D eigenvalue weighted by Crippen LogP contribution is 2.17. The highest BCUT2D eigenvalue weighted by molar-refractivity contribution is 5.89. The van der Waals surface area contributed by atoms with Crippen LogP contribution >= 0.6 is 0 Å². The highest BCUT2D eigenvalue weighted by Gasteiger charge is 2.37. The third kappa shape index (κ3) is 7.03. The van der Waals surface area contributed by atoms with E-state index in [1.165, 1.54) is 13.2 Å². The second-order valence-corrected chi connectivity index (χ2v) is 7.70. The number of carbonyl (C=O) groups excluding carboxylic acids is 2. The van der Waals surface area contributed by atoms with Crippen molar-refractivity contribution in [3.05, 3.63) is 12.2 Å². The number of nitrogens with one attached hydrogen (secondary N) is 2. The maximum absolute atomic E-state index is 12.4. The Labute approximate surface area is 154 Å². The number of allylic oxidation sites excluding steroid dienone is 1. The van der Waals surface area contributed by atoms with Crippen molar-refractivity contribution < 1.29 is 29.6 Å². The van der Waals surface area contributed by atoms with E-state index in [0.717, 1.165) is 12.8 Å². The largest absolute Gasteiger partial charge is 0.387 e. The molecule has 1 aliphatic rings. The van der Waals surface area contributed by atoms with Gasteiger partial charge >= 0.3 is 0 Å². The van der Waals surface area contributed by atoms with Gasteiger partial charge in [0.25, 0.3) is 5.91 Å². The first-order chi connectivity index (χ1) is 12.1. The van der Waals surface area contributed by atoms with Crippen LogP contribution in [0.5, 0.6) is 0 Å². The zero-order valence-corrected chi connectivity index (χ0v) is 15.9. The number of methoxy groups -OCH3 is 1. The summed E-state index contributed by atoms with van der Waals surface area (Å²) in [5.41, 5.74) is -0.212. The smallest absolute Gasteiger partial charge is 0.252 e. The first-order valence-corrected chi connectivity index (χ1v) is 8.91. The Morgan fingerprint density at radius 1 is 1.27 bits per heavy atom. The van der Waals surface area contributed by atoms with E-state index in [0.29, 0.717) is 13.0 Å². The number of hydrogen-bond donors (Lipinski definition) is 5. The molecule has 5 N–H and O–H groups in total. The molecule has 0 bridgehead atoms. The van der Waals surface area contributed by atoms with Crippen LogP contribution in [0.15, 0.2) is 12.2 Å². The molecule has 5 atom stereocenters. The fraction of sp³-hybridized carbons (Fsp3) is 0.778. The van der Waals surface area contributed by atoms with Gasteiger partial charge in [0.2, 0.25) is 5.91 Å². The van der Waals surface area contributed by atoms with Gasteiger partial charge in [0.15, 0.2) is 6.10 Å². The Kier molecular flexibility index (Phi) is 8.69. The highest BCUT2D eigenvalue weighted by atomic mass is 16.5. The van der Waals surface area contributed by atoms with Crippen molar-refractivity contribution in [3.63, 3.8) is 0 Å². The lowest BCUT2D eigenvalue weighted by atomic mass is 9.94. The number of amides is 2. The molecule has 2 amide bonds. The first-order valence-electron chi connectivity index (χ1n) is 8.91. The molecule has 8 nitrogen and oxygen atoms in total. The molecule has 150 valence electrons. The molecule has 1 aliphatic heterocycles. The number of hydrogen-bond acceptors (Lipinski definition) is 6. The van der Waals surface area contributed by atoms with E-state index in [-0.39, 0.29) is 11.3 Å². The van der Waals surface area contributed by atoms with E-state index in [1.807, 2.05) is 20.8 Å². The molecule has 8 heteroatoms. The molecule has 26 heavy (non-hydrogen) atoms. The van der Waals surface area contributed by atoms with E-state index in [1.54, 1.807) is 6.08 Å². The summed E-state index contributed by atoms with van der Waals surface area (Å²) in [5.74, 6) is -0.998. The quantitative estimate of drug-likeness (QED) is 0.382. The Hall–Kier alpha value is -1.48. The topological polar surface area (TPSA) is 128 Å². The Bertz CT molecular complexity index is 502. The normalized spacial score (nSPS) is 23.7. The minimum absolute atomic E-state index is 0.212. The van der Waals surface area contributed by atoms with Gasteiger partial charge in [-0.1, -0.05) is 32.9 Å². The monoisotopic (exact) mass is 372 g/mol. The standard InChI is InChI=1S/C18H32N2O6/c1-18(2,3)9-8-12(21)13(22)14(23)15(26-4)17(25)20-11-7-5-6-10-19-16(11)24/h8-9,11-15,21-23H,5-7,10H2,1-4H3,(H,19,24)(H,20,25)/b9-8+/t11-,12+,13-,14+,15+/m0/s1. The van der Waals surface area contributed by atoms with Crippen molar-refractivity contribution in [1.29, 1.82) is 0 Å². The van der Waals surface area contributed by atoms with E-state index in [4.69, 9.17) is 4.74 Å². The summed E-state index contributed by atoms with van der Waals surface area (Å²) in [5, 5.41) is 35.7. The number of aliphatic hydroxyl groups excluding tert-OH is 3. The molecular formula is C18H32N2O6. The molecular weight excluding hydrogens is 340 g/mol. The fourth-order valence-corrected chi connectivity index (χ4v) is 2.61. The van der Waals surface area contributed by atoms with Gasteiger partial charge in [0.1, 0.15) is 24.4 Å². The lowest BCUT2D eigenvalue weighted by Crippen LogP contribution is -2.55. The number of ether oxygens (including phenoxy) is 1. The van der Waals surface area contributed by atoms with Crippen molar-refractivity contribution in [3.8, 4) is 0 Å². The third-order valence-corrected chi connectivity index (χ3v) is 4.17. The predicted molar refractivity (Wildman–Crippen MR) is 96.2 cm³/mol. The second-order valence-electron chi connectivity index (χ2n) is 7.70. The van der Waals surface area contributed by atoms with Crippen LogP contribution in [-0.2, 0) is 14.3 Å². The van der Waals surface area contributed by atoms with Gasteiger partial charge in [-0.2, -0.15) is 0 Å². The third-order valence-electron chi connectivity index (χ3n) is 4.17. The molecule has 1 rings (SSSR count). The average Bonchev–Trinajstić information content (AvgIpc) is 2.76. The van der Waals surface area contributed by atoms with E-state index < -0.39 is 36.4 Å². The molecule has 0 radical (unpaired) electrons. The fourth-order valence-electron chi connectivity index (χ4n) is 2.61. The van der Waals surface area contributed by atoms with Gasteiger partial charge in [0.05, 0.1) is 0 Å². The summed E-state index contributed by atoms with van der Waals surface area (Å²) >= 11 is 0. The molecule has 1 saturated heterocycles. The van der Waals surface area contributed by atoms with Crippen molar-refractivity contribution >= 4 is 11.8 Å². The molecule has 0 aromatic carbocycles. The Morgan fingerprint density at radius 2 is 1.92 bits per heavy atom. The van der Waals surface area contributed by atoms with Gasteiger partial charge in [-0.25, -0.2) is 0 Å². The molecule has 0 aliphatic carbocycles. The van der Waals surface area contributed by atoms with Crippen molar-refractivity contribution in [1.82, 2.24) is 10.6 Å². The minimum Gasteiger partial charge on any atom is -0.387 e. The number of aliphatic hydroxyl groups is 3. The maximum Gasteiger partial charge on any atom is 0.252 e. The molecule has 0 aromatic rings. The van der Waals surface area contributed by atoms with Gasteiger partial charge in [0, 0.05) is 13.7 Å². The Balaban J connectivity index is 2.73. The molecule has 0 aromatic heterocycles. The van der Waals surface area contributed by atoms with Crippen LogP contribution in [0.25, 0.3) is 0 Å². The van der Waals surface area contributed by atoms with Gasteiger partial charge < -0.3 is 30.7 Å². The van der Waals surface area contributed by atoms with Crippen LogP contribution in [0, 0.1) is 5.41 Å². The zero-order valence-electron chi connectivity index (χ0n) is 15.9. The van der Waals surface area contributed by atoms with E-state index >= 15 is 0 Å². The number of carbonyl (C=O) groups is 2. The summed E-state index contributed by atoms with van der Waals surface area (Å²) in [4.78, 5) is 24.3. The minimum atomic E-state index is -1.66. The van der Waals surface area contributed by atoms with Crippen LogP contribution in [0.1, 0.15) is 40.0 Å². The van der Waals surface area contributed by atoms with Gasteiger partial charge in [-0.05, 0) is 24.7 Å². The molecule has 0 unspecified atom stereocenters. The lowest BCUT2D eigenvalue weighted by molar-refractivity contribution is -0.150. The summed E-state index contributed by atoms with van der Waals surface area (Å²) < 4.78 is 5.01. The summed E-state index contributed by atoms with van der Waals surface area (Å²) in [7, 11) is 1.21. The summed E-state index contributed by atoms with van der Waals surface area (Å²) in [6.07, 6.45) is -0.885. The van der Waals surface area contributed by atoms with Crippen LogP contribution < -0.4 is 10.6 Å². The molecule has 1 fully saturated rings. The zero-order chi connectivity index (χ0) is 19.9. The number of rotatable bonds is 7. The van der Waals surface area contributed by atoms with E-state index in [9.17, 15) is 24.9 Å². The maximum atomic E-state index is 12.4. The average molecular weight is 372 g/mol. The van der Waals surface area contributed by atoms with Crippen LogP contribution in [-0.4, -0.2) is 71.2 Å². The van der Waals surface area contributed by atoms with Crippen LogP contribution in [0.4, 0.5) is 0 Å². The van der Waals surface area contributed by atoms with Gasteiger partial charge in [-0.15, -0.1) is 0 Å². The summed E-state index contributed by atoms with van der Waals surface area (Å²) in [6, 6.07) is -0.710. The van der Waals surface area contributed by atoms with Crippen LogP contribution in [0.2, 0.25) is 0 Å². The second kappa shape index (κ2) is 10.0. The molecule has 0 saturated carbocycles. The Morgan fingerprint density at radius 3 is 2.50 bits per heavy atom. The van der Waals surface area contributed by atoms with E-state index in [2.05, 4.69) is 10.6 Å². The SMILES string of the molecule is CO[C@@H](C(=O)N[C@H]1CCCCNC1=O)[C@H](O)[C@@H](O)[C@H](O)/C=C/C(C)(C)C. The molecule has 0 spiro atoms. The predicted octanol–water partition coefficient (Wildman–Crippen LogP) is -0.529. The summed E-state index contributed by atoms with van der Waals surface area (Å²) in [6.45, 7) is 6.32. The first kappa shape index (κ1) is 22.6.